The number of carboxylic acid groups (broad SMARTS) is 1. The average Bonchev–Trinajstić information content (AvgIpc) is 2.65. The zero-order chi connectivity index (χ0) is 11.5. The fourth-order valence-electron chi connectivity index (χ4n) is 2.04. The Kier molecular flexibility index (Phi) is 3.14. The van der Waals surface area contributed by atoms with E-state index in [1.54, 1.807) is 6.20 Å². The molecule has 16 heavy (non-hydrogen) atoms. The summed E-state index contributed by atoms with van der Waals surface area (Å²) in [5, 5.41) is 8.70. The van der Waals surface area contributed by atoms with Crippen LogP contribution in [0.1, 0.15) is 23.9 Å². The third-order valence-corrected chi connectivity index (χ3v) is 2.81. The van der Waals surface area contributed by atoms with Crippen molar-refractivity contribution in [2.24, 2.45) is 0 Å². The molecule has 0 spiro atoms. The first kappa shape index (κ1) is 11.0. The number of carbonyl (C=O) groups is 1. The zero-order valence-electron chi connectivity index (χ0n) is 9.26. The standard InChI is InChI=1S/C11H15N3O2/c1-8-2-4-12-11(13-8)9-3-5-14(6-9)7-10(15)16/h2,4,9H,3,5-7H2,1H3,(H,15,16). The van der Waals surface area contributed by atoms with Gasteiger partial charge in [-0.2, -0.15) is 0 Å². The number of carboxylic acids is 1. The quantitative estimate of drug-likeness (QED) is 0.812. The molecule has 0 aromatic carbocycles. The van der Waals surface area contributed by atoms with Crippen LogP contribution < -0.4 is 0 Å². The molecule has 86 valence electrons. The number of hydrogen-bond acceptors (Lipinski definition) is 4. The summed E-state index contributed by atoms with van der Waals surface area (Å²) in [4.78, 5) is 21.1. The third-order valence-electron chi connectivity index (χ3n) is 2.81. The van der Waals surface area contributed by atoms with Crippen LogP contribution in [0.25, 0.3) is 0 Å². The van der Waals surface area contributed by atoms with Gasteiger partial charge in [-0.1, -0.05) is 0 Å². The molecule has 2 rings (SSSR count). The Morgan fingerprint density at radius 1 is 1.69 bits per heavy atom. The normalized spacial score (nSPS) is 21.2. The number of aliphatic carboxylic acids is 1. The number of aryl methyl sites for hydroxylation is 1. The van der Waals surface area contributed by atoms with E-state index in [9.17, 15) is 4.79 Å². The maximum atomic E-state index is 10.6. The molecule has 1 saturated heterocycles. The van der Waals surface area contributed by atoms with Gasteiger partial charge in [0.15, 0.2) is 0 Å². The monoisotopic (exact) mass is 221 g/mol. The Balaban J connectivity index is 2.00. The second kappa shape index (κ2) is 4.57. The van der Waals surface area contributed by atoms with E-state index in [0.29, 0.717) is 0 Å². The molecule has 0 bridgehead atoms. The van der Waals surface area contributed by atoms with Crippen LogP contribution in [0, 0.1) is 6.92 Å². The first-order valence-corrected chi connectivity index (χ1v) is 5.39. The lowest BCUT2D eigenvalue weighted by atomic mass is 10.1. The van der Waals surface area contributed by atoms with E-state index in [0.717, 1.165) is 31.0 Å². The van der Waals surface area contributed by atoms with Gasteiger partial charge in [-0.25, -0.2) is 9.97 Å². The van der Waals surface area contributed by atoms with E-state index in [1.807, 2.05) is 17.9 Å². The van der Waals surface area contributed by atoms with Gasteiger partial charge in [-0.05, 0) is 26.0 Å². The van der Waals surface area contributed by atoms with Crippen LogP contribution in [0.3, 0.4) is 0 Å². The number of likely N-dealkylation sites (tertiary alicyclic amines) is 1. The van der Waals surface area contributed by atoms with Crippen molar-refractivity contribution in [3.8, 4) is 0 Å². The Morgan fingerprint density at radius 2 is 2.50 bits per heavy atom. The van der Waals surface area contributed by atoms with Gasteiger partial charge in [0.05, 0.1) is 6.54 Å². The van der Waals surface area contributed by atoms with Crippen molar-refractivity contribution < 1.29 is 9.90 Å². The molecule has 1 unspecified atom stereocenters. The molecule has 0 aliphatic carbocycles. The van der Waals surface area contributed by atoms with Crippen LogP contribution in [0.4, 0.5) is 0 Å². The van der Waals surface area contributed by atoms with Crippen LogP contribution in [-0.4, -0.2) is 45.6 Å². The first-order chi connectivity index (χ1) is 7.65. The molecule has 1 aromatic heterocycles. The predicted molar refractivity (Wildman–Crippen MR) is 58.2 cm³/mol. The average molecular weight is 221 g/mol. The maximum Gasteiger partial charge on any atom is 0.317 e. The van der Waals surface area contributed by atoms with Crippen molar-refractivity contribution in [3.05, 3.63) is 23.8 Å². The highest BCUT2D eigenvalue weighted by Gasteiger charge is 2.26. The molecule has 2 heterocycles. The number of aromatic nitrogens is 2. The first-order valence-electron chi connectivity index (χ1n) is 5.39. The SMILES string of the molecule is Cc1ccnc(C2CCN(CC(=O)O)C2)n1. The lowest BCUT2D eigenvalue weighted by molar-refractivity contribution is -0.138. The van der Waals surface area contributed by atoms with Gasteiger partial charge in [0.2, 0.25) is 0 Å². The molecule has 1 aliphatic heterocycles. The number of nitrogens with zero attached hydrogens (tertiary/aromatic N) is 3. The van der Waals surface area contributed by atoms with Gasteiger partial charge in [-0.15, -0.1) is 0 Å². The minimum atomic E-state index is -0.772. The molecule has 1 aliphatic rings. The van der Waals surface area contributed by atoms with Gasteiger partial charge in [-0.3, -0.25) is 9.69 Å². The van der Waals surface area contributed by atoms with Gasteiger partial charge in [0, 0.05) is 24.4 Å². The van der Waals surface area contributed by atoms with Crippen LogP contribution in [-0.2, 0) is 4.79 Å². The van der Waals surface area contributed by atoms with Gasteiger partial charge < -0.3 is 5.11 Å². The van der Waals surface area contributed by atoms with Crippen molar-refractivity contribution >= 4 is 5.97 Å². The van der Waals surface area contributed by atoms with Crippen molar-refractivity contribution in [1.29, 1.82) is 0 Å². The second-order valence-corrected chi connectivity index (χ2v) is 4.17. The molecule has 0 amide bonds. The second-order valence-electron chi connectivity index (χ2n) is 4.17. The topological polar surface area (TPSA) is 66.3 Å². The molecule has 5 nitrogen and oxygen atoms in total. The van der Waals surface area contributed by atoms with Gasteiger partial charge in [0.25, 0.3) is 0 Å². The summed E-state index contributed by atoms with van der Waals surface area (Å²) < 4.78 is 0. The van der Waals surface area contributed by atoms with E-state index < -0.39 is 5.97 Å². The van der Waals surface area contributed by atoms with E-state index in [4.69, 9.17) is 5.11 Å². The Morgan fingerprint density at radius 3 is 3.19 bits per heavy atom. The van der Waals surface area contributed by atoms with Crippen LogP contribution in [0.2, 0.25) is 0 Å². The molecule has 1 N–H and O–H groups in total. The van der Waals surface area contributed by atoms with Crippen molar-refractivity contribution in [2.45, 2.75) is 19.3 Å². The zero-order valence-corrected chi connectivity index (χ0v) is 9.26. The summed E-state index contributed by atoms with van der Waals surface area (Å²) in [6.45, 7) is 3.61. The van der Waals surface area contributed by atoms with E-state index >= 15 is 0 Å². The molecular formula is C11H15N3O2. The fourth-order valence-corrected chi connectivity index (χ4v) is 2.04. The molecule has 5 heteroatoms. The Bertz CT molecular complexity index is 395. The van der Waals surface area contributed by atoms with E-state index in [1.165, 1.54) is 0 Å². The Hall–Kier alpha value is -1.49. The summed E-state index contributed by atoms with van der Waals surface area (Å²) in [6, 6.07) is 1.87. The number of hydrogen-bond donors (Lipinski definition) is 1. The van der Waals surface area contributed by atoms with Crippen molar-refractivity contribution in [3.63, 3.8) is 0 Å². The molecule has 1 aromatic rings. The summed E-state index contributed by atoms with van der Waals surface area (Å²) in [5.74, 6) is 0.345. The molecule has 0 saturated carbocycles. The maximum absolute atomic E-state index is 10.6. The fraction of sp³-hybridized carbons (Fsp3) is 0.545. The highest BCUT2D eigenvalue weighted by atomic mass is 16.4. The lowest BCUT2D eigenvalue weighted by Crippen LogP contribution is -2.27. The predicted octanol–water partition coefficient (Wildman–Crippen LogP) is 0.659. The summed E-state index contributed by atoms with van der Waals surface area (Å²) in [5.41, 5.74) is 0.960. The van der Waals surface area contributed by atoms with Crippen molar-refractivity contribution in [1.82, 2.24) is 14.9 Å². The summed E-state index contributed by atoms with van der Waals surface area (Å²) in [6.07, 6.45) is 2.70. The van der Waals surface area contributed by atoms with E-state index in [-0.39, 0.29) is 12.5 Å². The highest BCUT2D eigenvalue weighted by molar-refractivity contribution is 5.69. The van der Waals surface area contributed by atoms with Crippen LogP contribution >= 0.6 is 0 Å². The van der Waals surface area contributed by atoms with Crippen LogP contribution in [0.5, 0.6) is 0 Å². The molecule has 1 fully saturated rings. The molecule has 0 radical (unpaired) electrons. The smallest absolute Gasteiger partial charge is 0.317 e. The highest BCUT2D eigenvalue weighted by Crippen LogP contribution is 2.23. The van der Waals surface area contributed by atoms with Crippen molar-refractivity contribution in [2.75, 3.05) is 19.6 Å². The lowest BCUT2D eigenvalue weighted by Gasteiger charge is -2.12. The molecule has 1 atom stereocenters. The van der Waals surface area contributed by atoms with E-state index in [2.05, 4.69) is 9.97 Å². The third kappa shape index (κ3) is 2.55. The summed E-state index contributed by atoms with van der Waals surface area (Å²) in [7, 11) is 0. The largest absolute Gasteiger partial charge is 0.480 e. The minimum Gasteiger partial charge on any atom is -0.480 e. The van der Waals surface area contributed by atoms with Gasteiger partial charge in [0.1, 0.15) is 5.82 Å². The Labute approximate surface area is 94.1 Å². The summed E-state index contributed by atoms with van der Waals surface area (Å²) >= 11 is 0. The number of rotatable bonds is 3. The van der Waals surface area contributed by atoms with Crippen LogP contribution in [0.15, 0.2) is 12.3 Å². The minimum absolute atomic E-state index is 0.113. The van der Waals surface area contributed by atoms with Gasteiger partial charge >= 0.3 is 5.97 Å². The molecular weight excluding hydrogens is 206 g/mol.